The molecule has 0 saturated heterocycles. The first kappa shape index (κ1) is 13.7. The summed E-state index contributed by atoms with van der Waals surface area (Å²) in [6.07, 6.45) is 0.738. The largest absolute Gasteiger partial charge is 0.383 e. The Bertz CT molecular complexity index is 539. The Hall–Kier alpha value is -0.770. The van der Waals surface area contributed by atoms with Gasteiger partial charge in [-0.1, -0.05) is 11.6 Å². The molecular weight excluding hydrogens is 271 g/mol. The number of rotatable bonds is 5. The molecule has 0 saturated carbocycles. The van der Waals surface area contributed by atoms with Crippen molar-refractivity contribution in [3.63, 3.8) is 0 Å². The van der Waals surface area contributed by atoms with Gasteiger partial charge in [-0.15, -0.1) is 11.6 Å². The topological polar surface area (TPSA) is 27.1 Å². The number of fused-ring (bicyclic) bond motifs is 1. The predicted molar refractivity (Wildman–Crippen MR) is 75.8 cm³/mol. The van der Waals surface area contributed by atoms with Gasteiger partial charge in [0.2, 0.25) is 0 Å². The maximum Gasteiger partial charge on any atom is 0.111 e. The third-order valence-corrected chi connectivity index (χ3v) is 3.32. The summed E-state index contributed by atoms with van der Waals surface area (Å²) in [5, 5.41) is 0.698. The molecule has 0 aliphatic rings. The molecule has 2 aromatic rings. The summed E-state index contributed by atoms with van der Waals surface area (Å²) < 4.78 is 7.40. The van der Waals surface area contributed by atoms with Gasteiger partial charge in [0.25, 0.3) is 0 Å². The Kier molecular flexibility index (Phi) is 4.49. The molecule has 1 heterocycles. The highest BCUT2D eigenvalue weighted by Gasteiger charge is 2.15. The molecule has 1 unspecified atom stereocenters. The van der Waals surface area contributed by atoms with E-state index < -0.39 is 0 Å². The van der Waals surface area contributed by atoms with Crippen LogP contribution in [0.3, 0.4) is 0 Å². The van der Waals surface area contributed by atoms with E-state index in [1.165, 1.54) is 0 Å². The lowest BCUT2D eigenvalue weighted by atomic mass is 10.2. The normalized spacial score (nSPS) is 13.1. The minimum absolute atomic E-state index is 0.222. The standard InChI is InChI=1S/C13H16Cl2N2O/c1-9(8-18-2)17-12-4-3-10(15)7-11(12)16-13(17)5-6-14/h3-4,7,9H,5-6,8H2,1-2H3. The molecule has 5 heteroatoms. The average Bonchev–Trinajstić information content (AvgIpc) is 2.67. The zero-order valence-electron chi connectivity index (χ0n) is 10.5. The minimum atomic E-state index is 0.222. The molecule has 0 N–H and O–H groups in total. The van der Waals surface area contributed by atoms with Crippen LogP contribution < -0.4 is 0 Å². The predicted octanol–water partition coefficient (Wildman–Crippen LogP) is 3.68. The summed E-state index contributed by atoms with van der Waals surface area (Å²) in [4.78, 5) is 4.61. The number of alkyl halides is 1. The van der Waals surface area contributed by atoms with E-state index in [0.29, 0.717) is 17.5 Å². The van der Waals surface area contributed by atoms with Crippen molar-refractivity contribution in [2.75, 3.05) is 19.6 Å². The van der Waals surface area contributed by atoms with Crippen molar-refractivity contribution < 1.29 is 4.74 Å². The van der Waals surface area contributed by atoms with Crippen LogP contribution in [0.15, 0.2) is 18.2 Å². The molecule has 1 aromatic heterocycles. The second kappa shape index (κ2) is 5.91. The zero-order valence-corrected chi connectivity index (χ0v) is 12.0. The van der Waals surface area contributed by atoms with Crippen LogP contribution in [0.2, 0.25) is 5.02 Å². The molecule has 3 nitrogen and oxygen atoms in total. The number of ether oxygens (including phenoxy) is 1. The molecule has 0 fully saturated rings. The summed E-state index contributed by atoms with van der Waals surface area (Å²) in [5.41, 5.74) is 1.98. The molecule has 0 radical (unpaired) electrons. The quantitative estimate of drug-likeness (QED) is 0.784. The van der Waals surface area contributed by atoms with Crippen molar-refractivity contribution >= 4 is 34.2 Å². The smallest absolute Gasteiger partial charge is 0.111 e. The highest BCUT2D eigenvalue weighted by molar-refractivity contribution is 6.31. The highest BCUT2D eigenvalue weighted by Crippen LogP contribution is 2.24. The maximum absolute atomic E-state index is 6.00. The third-order valence-electron chi connectivity index (χ3n) is 2.89. The van der Waals surface area contributed by atoms with E-state index in [4.69, 9.17) is 27.9 Å². The van der Waals surface area contributed by atoms with Gasteiger partial charge in [-0.25, -0.2) is 4.98 Å². The van der Waals surface area contributed by atoms with E-state index >= 15 is 0 Å². The summed E-state index contributed by atoms with van der Waals surface area (Å²) in [6, 6.07) is 5.98. The van der Waals surface area contributed by atoms with E-state index in [1.807, 2.05) is 18.2 Å². The lowest BCUT2D eigenvalue weighted by molar-refractivity contribution is 0.162. The molecule has 18 heavy (non-hydrogen) atoms. The van der Waals surface area contributed by atoms with Crippen molar-refractivity contribution in [1.82, 2.24) is 9.55 Å². The van der Waals surface area contributed by atoms with Crippen molar-refractivity contribution in [1.29, 1.82) is 0 Å². The van der Waals surface area contributed by atoms with Gasteiger partial charge in [0.05, 0.1) is 23.7 Å². The van der Waals surface area contributed by atoms with Crippen LogP contribution >= 0.6 is 23.2 Å². The van der Waals surface area contributed by atoms with E-state index in [1.54, 1.807) is 7.11 Å². The average molecular weight is 287 g/mol. The summed E-state index contributed by atoms with van der Waals surface area (Å²) in [7, 11) is 1.70. The molecule has 0 spiro atoms. The molecule has 0 amide bonds. The SMILES string of the molecule is COCC(C)n1c(CCCl)nc2cc(Cl)ccc21. The summed E-state index contributed by atoms with van der Waals surface area (Å²) in [6.45, 7) is 2.75. The van der Waals surface area contributed by atoms with Crippen LogP contribution in [0.25, 0.3) is 11.0 Å². The first-order chi connectivity index (χ1) is 8.67. The number of aromatic nitrogens is 2. The molecule has 0 aliphatic carbocycles. The van der Waals surface area contributed by atoms with Crippen LogP contribution in [0, 0.1) is 0 Å². The number of imidazole rings is 1. The Morgan fingerprint density at radius 1 is 1.44 bits per heavy atom. The van der Waals surface area contributed by atoms with E-state index in [0.717, 1.165) is 23.3 Å². The van der Waals surface area contributed by atoms with Gasteiger partial charge < -0.3 is 9.30 Å². The first-order valence-electron chi connectivity index (χ1n) is 5.88. The van der Waals surface area contributed by atoms with Crippen molar-refractivity contribution in [3.8, 4) is 0 Å². The summed E-state index contributed by atoms with van der Waals surface area (Å²) >= 11 is 11.8. The van der Waals surface area contributed by atoms with Crippen molar-refractivity contribution in [2.24, 2.45) is 0 Å². The van der Waals surface area contributed by atoms with E-state index in [-0.39, 0.29) is 6.04 Å². The van der Waals surface area contributed by atoms with Crippen LogP contribution in [0.4, 0.5) is 0 Å². The number of hydrogen-bond donors (Lipinski definition) is 0. The number of methoxy groups -OCH3 is 1. The monoisotopic (exact) mass is 286 g/mol. The first-order valence-corrected chi connectivity index (χ1v) is 6.80. The van der Waals surface area contributed by atoms with Gasteiger partial charge in [0, 0.05) is 24.4 Å². The number of benzene rings is 1. The number of nitrogens with zero attached hydrogens (tertiary/aromatic N) is 2. The Balaban J connectivity index is 2.54. The highest BCUT2D eigenvalue weighted by atomic mass is 35.5. The fourth-order valence-electron chi connectivity index (χ4n) is 2.19. The number of aryl methyl sites for hydroxylation is 1. The van der Waals surface area contributed by atoms with Gasteiger partial charge in [0.1, 0.15) is 5.82 Å². The molecule has 0 aliphatic heterocycles. The van der Waals surface area contributed by atoms with Crippen molar-refractivity contribution in [2.45, 2.75) is 19.4 Å². The lowest BCUT2D eigenvalue weighted by Gasteiger charge is -2.16. The Labute approximate surface area is 117 Å². The van der Waals surface area contributed by atoms with E-state index in [2.05, 4.69) is 16.5 Å². The minimum Gasteiger partial charge on any atom is -0.383 e. The van der Waals surface area contributed by atoms with Crippen LogP contribution in [-0.4, -0.2) is 29.1 Å². The second-order valence-electron chi connectivity index (χ2n) is 4.27. The van der Waals surface area contributed by atoms with Gasteiger partial charge in [-0.05, 0) is 25.1 Å². The molecule has 2 rings (SSSR count). The number of halogens is 2. The van der Waals surface area contributed by atoms with Crippen LogP contribution in [0.1, 0.15) is 18.8 Å². The van der Waals surface area contributed by atoms with Gasteiger partial charge >= 0.3 is 0 Å². The Morgan fingerprint density at radius 3 is 2.89 bits per heavy atom. The van der Waals surface area contributed by atoms with Crippen molar-refractivity contribution in [3.05, 3.63) is 29.0 Å². The van der Waals surface area contributed by atoms with Gasteiger partial charge in [-0.3, -0.25) is 0 Å². The van der Waals surface area contributed by atoms with E-state index in [9.17, 15) is 0 Å². The van der Waals surface area contributed by atoms with Crippen LogP contribution in [-0.2, 0) is 11.2 Å². The van der Waals surface area contributed by atoms with Gasteiger partial charge in [0.15, 0.2) is 0 Å². The van der Waals surface area contributed by atoms with Crippen LogP contribution in [0.5, 0.6) is 0 Å². The zero-order chi connectivity index (χ0) is 13.1. The maximum atomic E-state index is 6.00. The summed E-state index contributed by atoms with van der Waals surface area (Å²) in [5.74, 6) is 1.53. The fourth-order valence-corrected chi connectivity index (χ4v) is 2.53. The fraction of sp³-hybridized carbons (Fsp3) is 0.462. The second-order valence-corrected chi connectivity index (χ2v) is 5.09. The molecule has 1 aromatic carbocycles. The number of hydrogen-bond acceptors (Lipinski definition) is 2. The molecule has 0 bridgehead atoms. The molecule has 1 atom stereocenters. The Morgan fingerprint density at radius 2 is 2.22 bits per heavy atom. The molecule has 98 valence electrons. The van der Waals surface area contributed by atoms with Gasteiger partial charge in [-0.2, -0.15) is 0 Å². The lowest BCUT2D eigenvalue weighted by Crippen LogP contribution is -2.14. The molecular formula is C13H16Cl2N2O. The third kappa shape index (κ3) is 2.63.